The smallest absolute Gasteiger partial charge is 0.0783 e. The molecule has 3 aliphatic carbocycles. The molecule has 1 heteroatoms. The molecule has 2 saturated carbocycles. The maximum atomic E-state index is 4.98. The summed E-state index contributed by atoms with van der Waals surface area (Å²) in [6, 6.07) is 13.3. The van der Waals surface area contributed by atoms with Gasteiger partial charge in [-0.3, -0.25) is 4.98 Å². The van der Waals surface area contributed by atoms with Gasteiger partial charge in [0.2, 0.25) is 0 Å². The molecule has 0 amide bonds. The van der Waals surface area contributed by atoms with Gasteiger partial charge in [-0.15, -0.1) is 0 Å². The third-order valence-corrected chi connectivity index (χ3v) is 8.30. The Morgan fingerprint density at radius 3 is 2.42 bits per heavy atom. The number of pyridine rings is 1. The highest BCUT2D eigenvalue weighted by Gasteiger charge is 2.89. The van der Waals surface area contributed by atoms with E-state index in [2.05, 4.69) is 70.3 Å². The summed E-state index contributed by atoms with van der Waals surface area (Å²) in [4.78, 5) is 4.98. The van der Waals surface area contributed by atoms with Crippen LogP contribution in [0.15, 0.2) is 42.6 Å². The standard InChI is InChI=1S/C23H23N/c1-20(2)17-11-24-19-15-8-6-5-7-14(15)9-10-16(19)18(17)22(4)12-21(3)13-23(20,21)22/h5-11H,12-13H2,1-4H3. The van der Waals surface area contributed by atoms with Crippen molar-refractivity contribution in [3.63, 3.8) is 0 Å². The lowest BCUT2D eigenvalue weighted by molar-refractivity contribution is 0.0215. The van der Waals surface area contributed by atoms with E-state index >= 15 is 0 Å². The van der Waals surface area contributed by atoms with Gasteiger partial charge >= 0.3 is 0 Å². The summed E-state index contributed by atoms with van der Waals surface area (Å²) in [5.41, 5.74) is 5.87. The monoisotopic (exact) mass is 313 g/mol. The normalized spacial score (nSPS) is 37.7. The third kappa shape index (κ3) is 1.04. The van der Waals surface area contributed by atoms with Crippen molar-refractivity contribution in [2.75, 3.05) is 0 Å². The fourth-order valence-corrected chi connectivity index (χ4v) is 7.64. The van der Waals surface area contributed by atoms with Crippen molar-refractivity contribution in [1.82, 2.24) is 4.98 Å². The Balaban J connectivity index is 1.78. The van der Waals surface area contributed by atoms with Crippen LogP contribution < -0.4 is 0 Å². The van der Waals surface area contributed by atoms with Gasteiger partial charge in [0.1, 0.15) is 0 Å². The Morgan fingerprint density at radius 2 is 1.67 bits per heavy atom. The van der Waals surface area contributed by atoms with Gasteiger partial charge in [-0.1, -0.05) is 64.1 Å². The lowest BCUT2D eigenvalue weighted by Crippen LogP contribution is -2.51. The van der Waals surface area contributed by atoms with Gasteiger partial charge in [-0.25, -0.2) is 0 Å². The lowest BCUT2D eigenvalue weighted by atomic mass is 9.50. The molecule has 0 saturated heterocycles. The SMILES string of the molecule is CC12CC3(C)c4c(cnc5c4ccc4ccccc45)C(C)(C)C13C2. The Morgan fingerprint density at radius 1 is 0.875 bits per heavy atom. The molecule has 24 heavy (non-hydrogen) atoms. The molecular formula is C23H23N. The summed E-state index contributed by atoms with van der Waals surface area (Å²) in [5, 5.41) is 3.98. The molecule has 1 heterocycles. The number of hydrogen-bond donors (Lipinski definition) is 0. The summed E-state index contributed by atoms with van der Waals surface area (Å²) >= 11 is 0. The highest BCUT2D eigenvalue weighted by molar-refractivity contribution is 6.07. The minimum Gasteiger partial charge on any atom is -0.255 e. The van der Waals surface area contributed by atoms with Crippen molar-refractivity contribution in [2.24, 2.45) is 10.8 Å². The number of hydrogen-bond acceptors (Lipinski definition) is 1. The molecule has 6 rings (SSSR count). The van der Waals surface area contributed by atoms with Gasteiger partial charge in [-0.05, 0) is 45.6 Å². The largest absolute Gasteiger partial charge is 0.255 e. The van der Waals surface area contributed by atoms with Crippen LogP contribution in [-0.4, -0.2) is 4.98 Å². The number of aromatic nitrogens is 1. The number of fused-ring (bicyclic) bond motifs is 6. The molecule has 0 N–H and O–H groups in total. The molecule has 3 unspecified atom stereocenters. The van der Waals surface area contributed by atoms with Gasteiger partial charge < -0.3 is 0 Å². The average molecular weight is 313 g/mol. The Hall–Kier alpha value is -1.89. The molecule has 0 bridgehead atoms. The highest BCUT2D eigenvalue weighted by atomic mass is 14.9. The number of nitrogens with zero attached hydrogens (tertiary/aromatic N) is 1. The van der Waals surface area contributed by atoms with Crippen molar-refractivity contribution >= 4 is 21.7 Å². The van der Waals surface area contributed by atoms with Crippen molar-refractivity contribution in [3.8, 4) is 0 Å². The van der Waals surface area contributed by atoms with E-state index < -0.39 is 0 Å². The molecule has 3 atom stereocenters. The maximum Gasteiger partial charge on any atom is 0.0783 e. The third-order valence-electron chi connectivity index (χ3n) is 8.30. The van der Waals surface area contributed by atoms with Gasteiger partial charge in [0.15, 0.2) is 0 Å². The van der Waals surface area contributed by atoms with Crippen LogP contribution in [-0.2, 0) is 10.8 Å². The molecule has 2 fully saturated rings. The van der Waals surface area contributed by atoms with Gasteiger partial charge in [0, 0.05) is 22.4 Å². The van der Waals surface area contributed by atoms with E-state index in [1.807, 2.05) is 0 Å². The number of rotatable bonds is 0. The van der Waals surface area contributed by atoms with Gasteiger partial charge in [-0.2, -0.15) is 0 Å². The first-order valence-electron chi connectivity index (χ1n) is 9.17. The van der Waals surface area contributed by atoms with E-state index in [0.717, 1.165) is 0 Å². The molecule has 1 aromatic heterocycles. The molecule has 3 aliphatic rings. The molecular weight excluding hydrogens is 290 g/mol. The topological polar surface area (TPSA) is 12.9 Å². The van der Waals surface area contributed by atoms with Crippen molar-refractivity contribution in [1.29, 1.82) is 0 Å². The Labute approximate surface area is 143 Å². The Kier molecular flexibility index (Phi) is 1.90. The van der Waals surface area contributed by atoms with Crippen LogP contribution in [0.1, 0.15) is 51.7 Å². The first kappa shape index (κ1) is 13.4. The van der Waals surface area contributed by atoms with Crippen LogP contribution in [0.2, 0.25) is 0 Å². The fourth-order valence-electron chi connectivity index (χ4n) is 7.64. The Bertz CT molecular complexity index is 1080. The minimum absolute atomic E-state index is 0.233. The number of benzene rings is 2. The molecule has 120 valence electrons. The van der Waals surface area contributed by atoms with E-state index in [1.54, 1.807) is 5.56 Å². The first-order chi connectivity index (χ1) is 11.4. The van der Waals surface area contributed by atoms with Crippen LogP contribution in [0, 0.1) is 10.8 Å². The van der Waals surface area contributed by atoms with E-state index in [0.29, 0.717) is 16.2 Å². The maximum absolute atomic E-state index is 4.98. The average Bonchev–Trinajstić information content (AvgIpc) is 3.08. The minimum atomic E-state index is 0.233. The van der Waals surface area contributed by atoms with Crippen molar-refractivity contribution < 1.29 is 0 Å². The van der Waals surface area contributed by atoms with Crippen LogP contribution >= 0.6 is 0 Å². The van der Waals surface area contributed by atoms with E-state index in [9.17, 15) is 0 Å². The zero-order valence-electron chi connectivity index (χ0n) is 14.9. The van der Waals surface area contributed by atoms with Crippen LogP contribution in [0.25, 0.3) is 21.7 Å². The molecule has 2 aromatic carbocycles. The summed E-state index contributed by atoms with van der Waals surface area (Å²) in [6.07, 6.45) is 4.93. The summed E-state index contributed by atoms with van der Waals surface area (Å²) < 4.78 is 0. The highest BCUT2D eigenvalue weighted by Crippen LogP contribution is 2.93. The predicted octanol–water partition coefficient (Wildman–Crippen LogP) is 5.74. The molecule has 3 aromatic rings. The fraction of sp³-hybridized carbons (Fsp3) is 0.435. The lowest BCUT2D eigenvalue weighted by Gasteiger charge is -2.53. The van der Waals surface area contributed by atoms with E-state index in [-0.39, 0.29) is 5.41 Å². The van der Waals surface area contributed by atoms with Crippen molar-refractivity contribution in [2.45, 2.75) is 51.4 Å². The van der Waals surface area contributed by atoms with Gasteiger partial charge in [0.25, 0.3) is 0 Å². The van der Waals surface area contributed by atoms with Crippen LogP contribution in [0.4, 0.5) is 0 Å². The first-order valence-corrected chi connectivity index (χ1v) is 9.17. The summed E-state index contributed by atoms with van der Waals surface area (Å²) in [5.74, 6) is 0. The van der Waals surface area contributed by atoms with E-state index in [1.165, 1.54) is 40.1 Å². The molecule has 1 spiro atoms. The van der Waals surface area contributed by atoms with Crippen molar-refractivity contribution in [3.05, 3.63) is 53.7 Å². The van der Waals surface area contributed by atoms with Crippen LogP contribution in [0.3, 0.4) is 0 Å². The quantitative estimate of drug-likeness (QED) is 0.482. The summed E-state index contributed by atoms with van der Waals surface area (Å²) in [7, 11) is 0. The zero-order valence-corrected chi connectivity index (χ0v) is 14.9. The second-order valence-corrected chi connectivity index (χ2v) is 9.51. The van der Waals surface area contributed by atoms with Crippen LogP contribution in [0.5, 0.6) is 0 Å². The predicted molar refractivity (Wildman–Crippen MR) is 99.4 cm³/mol. The second kappa shape index (κ2) is 3.40. The molecule has 0 radical (unpaired) electrons. The van der Waals surface area contributed by atoms with Gasteiger partial charge in [0.05, 0.1) is 5.52 Å². The zero-order chi connectivity index (χ0) is 16.5. The van der Waals surface area contributed by atoms with E-state index in [4.69, 9.17) is 4.98 Å². The molecule has 1 nitrogen and oxygen atoms in total. The summed E-state index contributed by atoms with van der Waals surface area (Å²) in [6.45, 7) is 9.98. The second-order valence-electron chi connectivity index (χ2n) is 9.51. The molecule has 0 aliphatic heterocycles.